The molecule has 2 heterocycles. The SMILES string of the molecule is O=C(OCc1ccccc1)N1C(=O)C2CC1C1C2N=NN1P(=O)(Oc1ccccc1)Oc1ccccc1. The number of nitrogens with zero attached hydrogens (tertiary/aromatic N) is 4. The first kappa shape index (κ1) is 23.2. The lowest BCUT2D eigenvalue weighted by atomic mass is 10.00. The molecule has 0 spiro atoms. The monoisotopic (exact) mass is 518 g/mol. The largest absolute Gasteiger partial charge is 0.561 e. The van der Waals surface area contributed by atoms with Gasteiger partial charge in [-0.3, -0.25) is 4.79 Å². The van der Waals surface area contributed by atoms with Crippen molar-refractivity contribution in [1.82, 2.24) is 9.68 Å². The lowest BCUT2D eigenvalue weighted by molar-refractivity contribution is -0.133. The predicted molar refractivity (Wildman–Crippen MR) is 131 cm³/mol. The van der Waals surface area contributed by atoms with Crippen LogP contribution in [0.4, 0.5) is 4.79 Å². The van der Waals surface area contributed by atoms with Gasteiger partial charge in [-0.25, -0.2) is 14.3 Å². The Kier molecular flexibility index (Phi) is 5.88. The molecule has 0 radical (unpaired) electrons. The fourth-order valence-corrected chi connectivity index (χ4v) is 6.76. The van der Waals surface area contributed by atoms with E-state index in [0.29, 0.717) is 17.9 Å². The Hall–Kier alpha value is -4.17. The first-order chi connectivity index (χ1) is 18.0. The van der Waals surface area contributed by atoms with E-state index in [4.69, 9.17) is 13.8 Å². The van der Waals surface area contributed by atoms with Gasteiger partial charge < -0.3 is 13.8 Å². The molecule has 3 aliphatic rings. The third-order valence-electron chi connectivity index (χ3n) is 6.66. The molecular formula is C26H23N4O6P. The topological polar surface area (TPSA) is 110 Å². The van der Waals surface area contributed by atoms with E-state index < -0.39 is 37.9 Å². The highest BCUT2D eigenvalue weighted by Crippen LogP contribution is 2.59. The highest BCUT2D eigenvalue weighted by molar-refractivity contribution is 7.52. The summed E-state index contributed by atoms with van der Waals surface area (Å²) in [5.74, 6) is -0.305. The summed E-state index contributed by atoms with van der Waals surface area (Å²) in [5, 5.41) is 8.43. The summed E-state index contributed by atoms with van der Waals surface area (Å²) in [6, 6.07) is 24.5. The van der Waals surface area contributed by atoms with Crippen LogP contribution < -0.4 is 9.05 Å². The van der Waals surface area contributed by atoms with Crippen molar-refractivity contribution >= 4 is 19.7 Å². The van der Waals surface area contributed by atoms with Crippen molar-refractivity contribution in [2.75, 3.05) is 0 Å². The maximum Gasteiger partial charge on any atom is 0.561 e. The number of likely N-dealkylation sites (tertiary alicyclic amines) is 1. The van der Waals surface area contributed by atoms with E-state index >= 15 is 0 Å². The minimum Gasteiger partial charge on any atom is -0.444 e. The fourth-order valence-electron chi connectivity index (χ4n) is 5.02. The van der Waals surface area contributed by atoms with Gasteiger partial charge in [-0.15, -0.1) is 0 Å². The molecule has 10 nitrogen and oxygen atoms in total. The summed E-state index contributed by atoms with van der Waals surface area (Å²) in [7, 11) is -4.17. The van der Waals surface area contributed by atoms with E-state index in [1.807, 2.05) is 42.5 Å². The molecule has 37 heavy (non-hydrogen) atoms. The van der Waals surface area contributed by atoms with E-state index in [1.165, 1.54) is 4.78 Å². The molecule has 2 fully saturated rings. The van der Waals surface area contributed by atoms with Crippen LogP contribution in [0.3, 0.4) is 0 Å². The van der Waals surface area contributed by atoms with Gasteiger partial charge in [0.2, 0.25) is 5.91 Å². The summed E-state index contributed by atoms with van der Waals surface area (Å²) < 4.78 is 32.8. The van der Waals surface area contributed by atoms with Crippen molar-refractivity contribution in [3.63, 3.8) is 0 Å². The second-order valence-electron chi connectivity index (χ2n) is 8.94. The van der Waals surface area contributed by atoms with Crippen molar-refractivity contribution < 1.29 is 27.9 Å². The molecule has 188 valence electrons. The van der Waals surface area contributed by atoms with Gasteiger partial charge in [-0.2, -0.15) is 9.89 Å². The third-order valence-corrected chi connectivity index (χ3v) is 8.39. The molecule has 6 rings (SSSR count). The Labute approximate surface area is 213 Å². The zero-order valence-corrected chi connectivity index (χ0v) is 20.5. The Morgan fingerprint density at radius 3 is 2.05 bits per heavy atom. The fraction of sp³-hybridized carbons (Fsp3) is 0.231. The van der Waals surface area contributed by atoms with Crippen molar-refractivity contribution in [3.8, 4) is 11.5 Å². The average Bonchev–Trinajstić information content (AvgIpc) is 3.60. The molecule has 4 atom stereocenters. The number of carbonyl (C=O) groups excluding carboxylic acids is 2. The molecule has 2 amide bonds. The summed E-state index contributed by atoms with van der Waals surface area (Å²) in [5.41, 5.74) is 0.801. The lowest BCUT2D eigenvalue weighted by Gasteiger charge is -2.36. The molecule has 11 heteroatoms. The Morgan fingerprint density at radius 2 is 1.46 bits per heavy atom. The van der Waals surface area contributed by atoms with Crippen LogP contribution in [0.5, 0.6) is 11.5 Å². The first-order valence-corrected chi connectivity index (χ1v) is 13.4. The minimum absolute atomic E-state index is 0.0279. The first-order valence-electron chi connectivity index (χ1n) is 11.9. The van der Waals surface area contributed by atoms with E-state index in [0.717, 1.165) is 10.5 Å². The number of hydrogen-bond acceptors (Lipinski definition) is 8. The number of para-hydroxylation sites is 2. The highest BCUT2D eigenvalue weighted by Gasteiger charge is 2.67. The number of ether oxygens (including phenoxy) is 1. The Balaban J connectivity index is 1.27. The molecule has 1 saturated heterocycles. The van der Waals surface area contributed by atoms with Crippen molar-refractivity contribution in [2.24, 2.45) is 16.3 Å². The van der Waals surface area contributed by atoms with Gasteiger partial charge in [0.15, 0.2) is 0 Å². The maximum absolute atomic E-state index is 14.4. The molecule has 2 bridgehead atoms. The van der Waals surface area contributed by atoms with Crippen LogP contribution in [0.15, 0.2) is 101 Å². The Bertz CT molecular complexity index is 1330. The van der Waals surface area contributed by atoms with Crippen LogP contribution in [-0.4, -0.2) is 39.8 Å². The van der Waals surface area contributed by atoms with E-state index in [9.17, 15) is 14.2 Å². The van der Waals surface area contributed by atoms with Crippen molar-refractivity contribution in [3.05, 3.63) is 96.6 Å². The molecule has 0 aromatic heterocycles. The average molecular weight is 518 g/mol. The standard InChI is InChI=1S/C26H23N4O6P/c31-25-21-16-22(29(25)26(32)34-17-18-10-4-1-5-11-18)24-23(21)27-28-30(24)37(33,35-19-12-6-2-7-13-19)36-20-14-8-3-9-15-20/h1-15,21-24H,16-17H2. The van der Waals surface area contributed by atoms with Crippen LogP contribution in [-0.2, 0) is 20.7 Å². The predicted octanol–water partition coefficient (Wildman–Crippen LogP) is 5.24. The number of benzene rings is 3. The molecule has 1 aliphatic carbocycles. The Morgan fingerprint density at radius 1 is 0.892 bits per heavy atom. The number of imide groups is 1. The zero-order valence-electron chi connectivity index (χ0n) is 19.6. The van der Waals surface area contributed by atoms with Gasteiger partial charge in [-0.05, 0) is 36.2 Å². The van der Waals surface area contributed by atoms with Crippen LogP contribution in [0.2, 0.25) is 0 Å². The van der Waals surface area contributed by atoms with Gasteiger partial charge >= 0.3 is 13.8 Å². The van der Waals surface area contributed by atoms with Crippen LogP contribution in [0.25, 0.3) is 0 Å². The number of piperidine rings is 1. The zero-order chi connectivity index (χ0) is 25.4. The molecular weight excluding hydrogens is 495 g/mol. The van der Waals surface area contributed by atoms with Gasteiger partial charge in [0.05, 0.1) is 12.0 Å². The van der Waals surface area contributed by atoms with Crippen LogP contribution in [0, 0.1) is 5.92 Å². The minimum atomic E-state index is -4.17. The molecule has 4 unspecified atom stereocenters. The third kappa shape index (κ3) is 4.23. The van der Waals surface area contributed by atoms with E-state index in [1.54, 1.807) is 48.5 Å². The van der Waals surface area contributed by atoms with Gasteiger partial charge in [0.25, 0.3) is 0 Å². The molecule has 3 aromatic rings. The van der Waals surface area contributed by atoms with Gasteiger partial charge in [-0.1, -0.05) is 72.0 Å². The number of rotatable bonds is 7. The van der Waals surface area contributed by atoms with Crippen LogP contribution in [0.1, 0.15) is 12.0 Å². The number of amides is 2. The maximum atomic E-state index is 14.4. The molecule has 1 saturated carbocycles. The molecule has 0 N–H and O–H groups in total. The van der Waals surface area contributed by atoms with Crippen molar-refractivity contribution in [2.45, 2.75) is 31.2 Å². The smallest absolute Gasteiger partial charge is 0.444 e. The quantitative estimate of drug-likeness (QED) is 0.394. The van der Waals surface area contributed by atoms with E-state index in [-0.39, 0.29) is 12.5 Å². The summed E-state index contributed by atoms with van der Waals surface area (Å²) in [6.45, 7) is 0.0279. The molecule has 3 aromatic carbocycles. The summed E-state index contributed by atoms with van der Waals surface area (Å²) >= 11 is 0. The lowest BCUT2D eigenvalue weighted by Crippen LogP contribution is -2.56. The van der Waals surface area contributed by atoms with E-state index in [2.05, 4.69) is 10.3 Å². The second-order valence-corrected chi connectivity index (χ2v) is 10.7. The number of fused-ring (bicyclic) bond motifs is 5. The van der Waals surface area contributed by atoms with Gasteiger partial charge in [0, 0.05) is 0 Å². The summed E-state index contributed by atoms with van der Waals surface area (Å²) in [4.78, 5) is 27.2. The van der Waals surface area contributed by atoms with Gasteiger partial charge in [0.1, 0.15) is 30.2 Å². The second kappa shape index (κ2) is 9.37. The summed E-state index contributed by atoms with van der Waals surface area (Å²) in [6.07, 6.45) is -0.393. The number of hydrogen-bond donors (Lipinski definition) is 0. The molecule has 2 aliphatic heterocycles. The number of carbonyl (C=O) groups is 2. The normalized spacial score (nSPS) is 23.7. The highest BCUT2D eigenvalue weighted by atomic mass is 31.2. The van der Waals surface area contributed by atoms with Crippen LogP contribution >= 0.6 is 7.75 Å². The van der Waals surface area contributed by atoms with Crippen molar-refractivity contribution in [1.29, 1.82) is 0 Å².